The van der Waals surface area contributed by atoms with Crippen LogP contribution < -0.4 is 0 Å². The highest BCUT2D eigenvalue weighted by atomic mass is 16.4. The van der Waals surface area contributed by atoms with Gasteiger partial charge in [0.05, 0.1) is 11.6 Å². The summed E-state index contributed by atoms with van der Waals surface area (Å²) in [6.07, 6.45) is 1.14. The second kappa shape index (κ2) is 4.24. The zero-order valence-corrected chi connectivity index (χ0v) is 7.69. The molecule has 0 unspecified atom stereocenters. The number of carboxylic acid groups (broad SMARTS) is 1. The van der Waals surface area contributed by atoms with Crippen LogP contribution in [0, 0.1) is 11.3 Å². The highest BCUT2D eigenvalue weighted by Crippen LogP contribution is 2.13. The number of hydrogen-bond acceptors (Lipinski definition) is 2. The van der Waals surface area contributed by atoms with E-state index in [4.69, 9.17) is 10.4 Å². The molecule has 0 aliphatic rings. The molecule has 0 radical (unpaired) electrons. The number of carbonyl (C=O) groups is 1. The number of aliphatic carboxylic acids is 1. The quantitative estimate of drug-likeness (QED) is 0.720. The average molecular weight is 187 g/mol. The molecular weight excluding hydrogens is 178 g/mol. The van der Waals surface area contributed by atoms with Crippen LogP contribution in [-0.2, 0) is 4.79 Å². The van der Waals surface area contributed by atoms with Crippen molar-refractivity contribution >= 4 is 11.5 Å². The van der Waals surface area contributed by atoms with E-state index in [1.807, 2.05) is 6.07 Å². The highest BCUT2D eigenvalue weighted by Gasteiger charge is 1.98. The molecular formula is C11H9NO2. The van der Waals surface area contributed by atoms with Crippen molar-refractivity contribution in [2.24, 2.45) is 0 Å². The van der Waals surface area contributed by atoms with E-state index in [-0.39, 0.29) is 0 Å². The van der Waals surface area contributed by atoms with Gasteiger partial charge in [0.25, 0.3) is 0 Å². The van der Waals surface area contributed by atoms with Gasteiger partial charge in [-0.2, -0.15) is 5.26 Å². The van der Waals surface area contributed by atoms with E-state index in [1.165, 1.54) is 0 Å². The Balaban J connectivity index is 2.99. The normalized spacial score (nSPS) is 10.7. The minimum absolute atomic E-state index is 0.567. The lowest BCUT2D eigenvalue weighted by Crippen LogP contribution is -1.90. The Hall–Kier alpha value is -2.08. The summed E-state index contributed by atoms with van der Waals surface area (Å²) in [5.74, 6) is -0.966. The molecule has 0 heterocycles. The van der Waals surface area contributed by atoms with E-state index in [0.717, 1.165) is 11.6 Å². The van der Waals surface area contributed by atoms with E-state index in [0.29, 0.717) is 11.1 Å². The minimum atomic E-state index is -0.966. The van der Waals surface area contributed by atoms with Crippen LogP contribution in [0.1, 0.15) is 18.1 Å². The molecule has 0 amide bonds. The topological polar surface area (TPSA) is 61.1 Å². The average Bonchev–Trinajstić information content (AvgIpc) is 2.17. The minimum Gasteiger partial charge on any atom is -0.478 e. The number of hydrogen-bond donors (Lipinski definition) is 1. The first-order chi connectivity index (χ1) is 6.63. The molecule has 1 N–H and O–H groups in total. The third kappa shape index (κ3) is 2.46. The van der Waals surface area contributed by atoms with E-state index in [2.05, 4.69) is 0 Å². The predicted molar refractivity (Wildman–Crippen MR) is 52.4 cm³/mol. The van der Waals surface area contributed by atoms with Gasteiger partial charge in [-0.15, -0.1) is 0 Å². The van der Waals surface area contributed by atoms with E-state index >= 15 is 0 Å². The summed E-state index contributed by atoms with van der Waals surface area (Å²) in [5.41, 5.74) is 2.05. The molecule has 0 fully saturated rings. The number of allylic oxidation sites excluding steroid dienone is 1. The molecule has 0 aliphatic carbocycles. The standard InChI is InChI=1S/C11H9NO2/c1-8(6-11(13)14)10-4-2-9(7-12)3-5-10/h2-6H,1H3,(H,13,14)/b8-6+. The molecule has 14 heavy (non-hydrogen) atoms. The van der Waals surface area contributed by atoms with Gasteiger partial charge in [-0.3, -0.25) is 0 Å². The molecule has 0 atom stereocenters. The highest BCUT2D eigenvalue weighted by molar-refractivity contribution is 5.89. The largest absolute Gasteiger partial charge is 0.478 e. The maximum absolute atomic E-state index is 10.4. The van der Waals surface area contributed by atoms with Gasteiger partial charge < -0.3 is 5.11 Å². The Morgan fingerprint density at radius 1 is 1.43 bits per heavy atom. The Morgan fingerprint density at radius 2 is 2.00 bits per heavy atom. The summed E-state index contributed by atoms with van der Waals surface area (Å²) >= 11 is 0. The lowest BCUT2D eigenvalue weighted by Gasteiger charge is -1.99. The van der Waals surface area contributed by atoms with Crippen LogP contribution in [0.5, 0.6) is 0 Å². The monoisotopic (exact) mass is 187 g/mol. The van der Waals surface area contributed by atoms with Crippen molar-refractivity contribution in [2.75, 3.05) is 0 Å². The third-order valence-corrected chi connectivity index (χ3v) is 1.81. The van der Waals surface area contributed by atoms with Crippen molar-refractivity contribution in [1.29, 1.82) is 5.26 Å². The summed E-state index contributed by atoms with van der Waals surface area (Å²) in [5, 5.41) is 17.1. The molecule has 70 valence electrons. The number of carboxylic acids is 1. The number of nitriles is 1. The van der Waals surface area contributed by atoms with Gasteiger partial charge in [-0.05, 0) is 30.2 Å². The number of benzene rings is 1. The van der Waals surface area contributed by atoms with Gasteiger partial charge in [0.1, 0.15) is 0 Å². The molecule has 3 heteroatoms. The summed E-state index contributed by atoms with van der Waals surface area (Å²) < 4.78 is 0. The maximum atomic E-state index is 10.4. The van der Waals surface area contributed by atoms with Gasteiger partial charge in [0.15, 0.2) is 0 Å². The fraction of sp³-hybridized carbons (Fsp3) is 0.0909. The molecule has 1 rings (SSSR count). The van der Waals surface area contributed by atoms with Crippen molar-refractivity contribution in [3.8, 4) is 6.07 Å². The lowest BCUT2D eigenvalue weighted by atomic mass is 10.1. The fourth-order valence-electron chi connectivity index (χ4n) is 1.08. The van der Waals surface area contributed by atoms with Crippen LogP contribution in [-0.4, -0.2) is 11.1 Å². The predicted octanol–water partition coefficient (Wildman–Crippen LogP) is 2.05. The first kappa shape index (κ1) is 10.0. The maximum Gasteiger partial charge on any atom is 0.328 e. The molecule has 1 aromatic rings. The van der Waals surface area contributed by atoms with Crippen molar-refractivity contribution in [3.05, 3.63) is 41.5 Å². The van der Waals surface area contributed by atoms with Gasteiger partial charge in [-0.1, -0.05) is 12.1 Å². The Bertz CT molecular complexity index is 410. The van der Waals surface area contributed by atoms with E-state index in [9.17, 15) is 4.79 Å². The molecule has 0 saturated carbocycles. The van der Waals surface area contributed by atoms with Gasteiger partial charge in [0, 0.05) is 6.08 Å². The second-order valence-corrected chi connectivity index (χ2v) is 2.85. The van der Waals surface area contributed by atoms with Crippen LogP contribution in [0.15, 0.2) is 30.3 Å². The summed E-state index contributed by atoms with van der Waals surface area (Å²) in [6.45, 7) is 1.72. The number of rotatable bonds is 2. The molecule has 3 nitrogen and oxygen atoms in total. The summed E-state index contributed by atoms with van der Waals surface area (Å²) in [4.78, 5) is 10.4. The van der Waals surface area contributed by atoms with Crippen LogP contribution >= 0.6 is 0 Å². The van der Waals surface area contributed by atoms with Crippen LogP contribution in [0.2, 0.25) is 0 Å². The molecule has 0 aromatic heterocycles. The first-order valence-corrected chi connectivity index (χ1v) is 4.05. The van der Waals surface area contributed by atoms with Crippen molar-refractivity contribution < 1.29 is 9.90 Å². The fourth-order valence-corrected chi connectivity index (χ4v) is 1.08. The molecule has 1 aromatic carbocycles. The Morgan fingerprint density at radius 3 is 2.43 bits per heavy atom. The van der Waals surface area contributed by atoms with E-state index in [1.54, 1.807) is 31.2 Å². The van der Waals surface area contributed by atoms with Crippen molar-refractivity contribution in [1.82, 2.24) is 0 Å². The van der Waals surface area contributed by atoms with Crippen molar-refractivity contribution in [2.45, 2.75) is 6.92 Å². The van der Waals surface area contributed by atoms with E-state index < -0.39 is 5.97 Å². The SMILES string of the molecule is C/C(=C\C(=O)O)c1ccc(C#N)cc1. The zero-order valence-electron chi connectivity index (χ0n) is 7.69. The third-order valence-electron chi connectivity index (χ3n) is 1.81. The summed E-state index contributed by atoms with van der Waals surface area (Å²) in [6, 6.07) is 8.78. The second-order valence-electron chi connectivity index (χ2n) is 2.85. The number of nitrogens with zero attached hydrogens (tertiary/aromatic N) is 1. The smallest absolute Gasteiger partial charge is 0.328 e. The van der Waals surface area contributed by atoms with Gasteiger partial charge in [0.2, 0.25) is 0 Å². The summed E-state index contributed by atoms with van der Waals surface area (Å²) in [7, 11) is 0. The zero-order chi connectivity index (χ0) is 10.6. The first-order valence-electron chi connectivity index (χ1n) is 4.05. The molecule has 0 aliphatic heterocycles. The van der Waals surface area contributed by atoms with Gasteiger partial charge >= 0.3 is 5.97 Å². The van der Waals surface area contributed by atoms with Crippen LogP contribution in [0.25, 0.3) is 5.57 Å². The van der Waals surface area contributed by atoms with Crippen LogP contribution in [0.4, 0.5) is 0 Å². The van der Waals surface area contributed by atoms with Crippen molar-refractivity contribution in [3.63, 3.8) is 0 Å². The molecule has 0 spiro atoms. The van der Waals surface area contributed by atoms with Crippen LogP contribution in [0.3, 0.4) is 0 Å². The molecule has 0 saturated heterocycles. The lowest BCUT2D eigenvalue weighted by molar-refractivity contribution is -0.131. The molecule has 0 bridgehead atoms. The Kier molecular flexibility index (Phi) is 3.03. The van der Waals surface area contributed by atoms with Gasteiger partial charge in [-0.25, -0.2) is 4.79 Å². The Labute approximate surface area is 81.9 Å².